The summed E-state index contributed by atoms with van der Waals surface area (Å²) < 4.78 is 0. The number of carbonyl (C=O) groups excluding carboxylic acids is 2. The van der Waals surface area contributed by atoms with Crippen molar-refractivity contribution >= 4 is 11.6 Å². The minimum atomic E-state index is -0.0934. The number of carbonyl (C=O) groups is 2. The van der Waals surface area contributed by atoms with E-state index in [0.29, 0.717) is 29.3 Å². The van der Waals surface area contributed by atoms with Crippen LogP contribution in [-0.4, -0.2) is 11.6 Å². The lowest BCUT2D eigenvalue weighted by atomic mass is 9.46. The van der Waals surface area contributed by atoms with E-state index in [4.69, 9.17) is 0 Å². The SMILES string of the molecule is CC12CCC3C(CC(=O)C45CC4CCC35C)C1CCC2=O. The predicted molar refractivity (Wildman–Crippen MR) is 79.6 cm³/mol. The summed E-state index contributed by atoms with van der Waals surface area (Å²) >= 11 is 0. The number of fused-ring (bicyclic) bond motifs is 4. The minimum Gasteiger partial charge on any atom is -0.299 e. The molecule has 5 rings (SSSR count). The molecule has 0 aliphatic heterocycles. The first-order valence-corrected chi connectivity index (χ1v) is 9.00. The van der Waals surface area contributed by atoms with Crippen LogP contribution in [0.2, 0.25) is 0 Å². The van der Waals surface area contributed by atoms with Crippen molar-refractivity contribution < 1.29 is 9.59 Å². The molecule has 1 spiro atoms. The van der Waals surface area contributed by atoms with Crippen LogP contribution in [0, 0.1) is 39.9 Å². The van der Waals surface area contributed by atoms with E-state index in [1.807, 2.05) is 0 Å². The summed E-state index contributed by atoms with van der Waals surface area (Å²) in [5.41, 5.74) is 0.263. The Labute approximate surface area is 127 Å². The van der Waals surface area contributed by atoms with Crippen molar-refractivity contribution in [1.82, 2.24) is 0 Å². The maximum absolute atomic E-state index is 13.0. The first kappa shape index (κ1) is 12.8. The molecule has 2 heteroatoms. The van der Waals surface area contributed by atoms with Crippen molar-refractivity contribution in [1.29, 1.82) is 0 Å². The number of ketones is 2. The number of hydrogen-bond acceptors (Lipinski definition) is 2. The van der Waals surface area contributed by atoms with Gasteiger partial charge in [0.25, 0.3) is 0 Å². The fraction of sp³-hybridized carbons (Fsp3) is 0.895. The maximum atomic E-state index is 13.0. The maximum Gasteiger partial charge on any atom is 0.140 e. The zero-order valence-electron chi connectivity index (χ0n) is 13.3. The topological polar surface area (TPSA) is 34.1 Å². The Morgan fingerprint density at radius 2 is 1.76 bits per heavy atom. The molecule has 0 aromatic heterocycles. The second-order valence-corrected chi connectivity index (χ2v) is 9.25. The van der Waals surface area contributed by atoms with Gasteiger partial charge in [0.2, 0.25) is 0 Å². The highest BCUT2D eigenvalue weighted by Crippen LogP contribution is 2.80. The Balaban J connectivity index is 1.58. The highest BCUT2D eigenvalue weighted by atomic mass is 16.1. The van der Waals surface area contributed by atoms with Crippen LogP contribution in [0.3, 0.4) is 0 Å². The summed E-state index contributed by atoms with van der Waals surface area (Å²) in [4.78, 5) is 25.4. The van der Waals surface area contributed by atoms with E-state index in [1.54, 1.807) is 0 Å². The third kappa shape index (κ3) is 1.18. The Hall–Kier alpha value is -0.660. The van der Waals surface area contributed by atoms with Crippen molar-refractivity contribution in [3.63, 3.8) is 0 Å². The first-order valence-electron chi connectivity index (χ1n) is 9.00. The van der Waals surface area contributed by atoms with E-state index >= 15 is 0 Å². The van der Waals surface area contributed by atoms with Gasteiger partial charge in [-0.25, -0.2) is 0 Å². The van der Waals surface area contributed by atoms with Crippen LogP contribution in [0.4, 0.5) is 0 Å². The summed E-state index contributed by atoms with van der Waals surface area (Å²) in [6, 6.07) is 0. The summed E-state index contributed by atoms with van der Waals surface area (Å²) in [6.45, 7) is 4.64. The second kappa shape index (κ2) is 3.46. The lowest BCUT2D eigenvalue weighted by molar-refractivity contribution is -0.153. The fourth-order valence-corrected chi connectivity index (χ4v) is 7.78. The van der Waals surface area contributed by atoms with Crippen LogP contribution in [0.25, 0.3) is 0 Å². The molecule has 0 amide bonds. The minimum absolute atomic E-state index is 0.0878. The Kier molecular flexibility index (Phi) is 2.12. The Morgan fingerprint density at radius 3 is 2.52 bits per heavy atom. The zero-order valence-corrected chi connectivity index (χ0v) is 13.3. The molecule has 0 aromatic rings. The summed E-state index contributed by atoms with van der Waals surface area (Å²) in [5, 5.41) is 0. The number of rotatable bonds is 0. The molecule has 0 aromatic carbocycles. The van der Waals surface area contributed by atoms with Gasteiger partial charge in [-0.05, 0) is 67.6 Å². The Bertz CT molecular complexity index is 566. The highest BCUT2D eigenvalue weighted by Gasteiger charge is 2.77. The summed E-state index contributed by atoms with van der Waals surface area (Å²) in [5.74, 6) is 3.51. The normalized spacial score (nSPS) is 61.0. The van der Waals surface area contributed by atoms with Crippen LogP contribution in [0.15, 0.2) is 0 Å². The first-order chi connectivity index (χ1) is 9.93. The molecular formula is C19H26O2. The van der Waals surface area contributed by atoms with E-state index in [0.717, 1.165) is 31.6 Å². The van der Waals surface area contributed by atoms with Crippen LogP contribution >= 0.6 is 0 Å². The van der Waals surface area contributed by atoms with Crippen molar-refractivity contribution in [2.45, 2.75) is 65.2 Å². The lowest BCUT2D eigenvalue weighted by Gasteiger charge is -2.56. The molecule has 2 nitrogen and oxygen atoms in total. The second-order valence-electron chi connectivity index (χ2n) is 9.25. The van der Waals surface area contributed by atoms with Gasteiger partial charge in [0.05, 0.1) is 0 Å². The van der Waals surface area contributed by atoms with Crippen LogP contribution in [-0.2, 0) is 9.59 Å². The molecule has 5 aliphatic carbocycles. The van der Waals surface area contributed by atoms with Crippen LogP contribution < -0.4 is 0 Å². The van der Waals surface area contributed by atoms with Gasteiger partial charge in [-0.2, -0.15) is 0 Å². The molecule has 0 saturated heterocycles. The molecule has 7 unspecified atom stereocenters. The fourth-order valence-electron chi connectivity index (χ4n) is 7.78. The van der Waals surface area contributed by atoms with E-state index in [-0.39, 0.29) is 16.2 Å². The van der Waals surface area contributed by atoms with E-state index in [2.05, 4.69) is 13.8 Å². The van der Waals surface area contributed by atoms with Gasteiger partial charge in [0.1, 0.15) is 11.6 Å². The van der Waals surface area contributed by atoms with Crippen molar-refractivity contribution in [2.24, 2.45) is 39.9 Å². The molecule has 0 N–H and O–H groups in total. The van der Waals surface area contributed by atoms with E-state index < -0.39 is 0 Å². The van der Waals surface area contributed by atoms with Gasteiger partial charge in [-0.1, -0.05) is 13.8 Å². The molecule has 5 fully saturated rings. The molecule has 114 valence electrons. The van der Waals surface area contributed by atoms with Gasteiger partial charge in [0.15, 0.2) is 0 Å². The third-order valence-electron chi connectivity index (χ3n) is 9.02. The van der Waals surface area contributed by atoms with Gasteiger partial charge < -0.3 is 0 Å². The molecule has 5 saturated carbocycles. The molecule has 0 bridgehead atoms. The van der Waals surface area contributed by atoms with Crippen molar-refractivity contribution in [2.75, 3.05) is 0 Å². The highest BCUT2D eigenvalue weighted by molar-refractivity contribution is 5.92. The molecule has 21 heavy (non-hydrogen) atoms. The number of hydrogen-bond donors (Lipinski definition) is 0. The molecule has 0 radical (unpaired) electrons. The van der Waals surface area contributed by atoms with Gasteiger partial charge in [-0.3, -0.25) is 9.59 Å². The summed E-state index contributed by atoms with van der Waals surface area (Å²) in [7, 11) is 0. The Morgan fingerprint density at radius 1 is 0.952 bits per heavy atom. The van der Waals surface area contributed by atoms with Crippen molar-refractivity contribution in [3.8, 4) is 0 Å². The van der Waals surface area contributed by atoms with E-state index in [1.165, 1.54) is 25.7 Å². The van der Waals surface area contributed by atoms with Crippen LogP contribution in [0.1, 0.15) is 65.2 Å². The largest absolute Gasteiger partial charge is 0.299 e. The average Bonchev–Trinajstić information content (AvgIpc) is 3.01. The van der Waals surface area contributed by atoms with Gasteiger partial charge in [-0.15, -0.1) is 0 Å². The molecular weight excluding hydrogens is 260 g/mol. The molecule has 5 aliphatic rings. The van der Waals surface area contributed by atoms with Gasteiger partial charge >= 0.3 is 0 Å². The quantitative estimate of drug-likeness (QED) is 0.679. The molecule has 7 atom stereocenters. The standard InChI is InChI=1S/C19H26O2/c1-17-7-6-14-12(13(17)3-4-15(17)20)9-16(21)19-10-11(19)5-8-18(14,19)2/h11-14H,3-10H2,1-2H3. The lowest BCUT2D eigenvalue weighted by Crippen LogP contribution is -2.55. The van der Waals surface area contributed by atoms with E-state index in [9.17, 15) is 9.59 Å². The predicted octanol–water partition coefficient (Wildman–Crippen LogP) is 3.78. The number of Topliss-reactive ketones (excluding diaryl/α,β-unsaturated/α-hetero) is 2. The molecule has 0 heterocycles. The van der Waals surface area contributed by atoms with Crippen molar-refractivity contribution in [3.05, 3.63) is 0 Å². The van der Waals surface area contributed by atoms with Crippen LogP contribution in [0.5, 0.6) is 0 Å². The monoisotopic (exact) mass is 286 g/mol. The average molecular weight is 286 g/mol. The summed E-state index contributed by atoms with van der Waals surface area (Å²) in [6.07, 6.45) is 8.63. The zero-order chi connectivity index (χ0) is 14.6. The third-order valence-corrected chi connectivity index (χ3v) is 9.02. The van der Waals surface area contributed by atoms with Gasteiger partial charge in [0, 0.05) is 23.7 Å². The smallest absolute Gasteiger partial charge is 0.140 e.